The monoisotopic (exact) mass is 358 g/mol. The topological polar surface area (TPSA) is 91.6 Å². The predicted octanol–water partition coefficient (Wildman–Crippen LogP) is 1.44. The van der Waals surface area contributed by atoms with Gasteiger partial charge < -0.3 is 20.2 Å². The molecule has 116 valence electrons. The molecular formula is C14H19BrN2O4. The fraction of sp³-hybridized carbons (Fsp3) is 0.571. The van der Waals surface area contributed by atoms with Gasteiger partial charge in [-0.05, 0) is 40.9 Å². The second-order valence-electron chi connectivity index (χ2n) is 5.20. The molecule has 7 heteroatoms. The zero-order valence-corrected chi connectivity index (χ0v) is 13.2. The molecule has 0 aliphatic heterocycles. The summed E-state index contributed by atoms with van der Waals surface area (Å²) in [5.41, 5.74) is 0. The van der Waals surface area contributed by atoms with Gasteiger partial charge >= 0.3 is 0 Å². The number of aliphatic hydroxyl groups excluding tert-OH is 1. The number of hydrogen-bond donors (Lipinski definition) is 3. The Kier molecular flexibility index (Phi) is 5.81. The van der Waals surface area contributed by atoms with Crippen molar-refractivity contribution in [2.24, 2.45) is 5.92 Å². The Morgan fingerprint density at radius 2 is 2.05 bits per heavy atom. The number of carbonyl (C=O) groups excluding carboxylic acids is 2. The van der Waals surface area contributed by atoms with E-state index in [9.17, 15) is 14.7 Å². The van der Waals surface area contributed by atoms with Gasteiger partial charge in [0.25, 0.3) is 5.91 Å². The molecule has 1 saturated carbocycles. The molecule has 3 N–H and O–H groups in total. The fourth-order valence-corrected chi connectivity index (χ4v) is 2.72. The van der Waals surface area contributed by atoms with Crippen LogP contribution in [0.3, 0.4) is 0 Å². The summed E-state index contributed by atoms with van der Waals surface area (Å²) < 4.78 is 5.55. The van der Waals surface area contributed by atoms with Crippen molar-refractivity contribution in [3.05, 3.63) is 22.6 Å². The smallest absolute Gasteiger partial charge is 0.287 e. The second-order valence-corrected chi connectivity index (χ2v) is 5.98. The first-order chi connectivity index (χ1) is 10.1. The van der Waals surface area contributed by atoms with E-state index in [2.05, 4.69) is 26.6 Å². The van der Waals surface area contributed by atoms with E-state index in [1.807, 2.05) is 0 Å². The molecule has 0 aromatic carbocycles. The Balaban J connectivity index is 1.68. The summed E-state index contributed by atoms with van der Waals surface area (Å²) in [5, 5.41) is 15.0. The summed E-state index contributed by atoms with van der Waals surface area (Å²) in [6.45, 7) is 0.335. The minimum Gasteiger partial charge on any atom is -0.444 e. The van der Waals surface area contributed by atoms with Gasteiger partial charge in [0.1, 0.15) is 0 Å². The lowest BCUT2D eigenvalue weighted by Gasteiger charge is -2.27. The minimum atomic E-state index is -0.437. The van der Waals surface area contributed by atoms with Crippen LogP contribution >= 0.6 is 15.9 Å². The molecule has 0 bridgehead atoms. The van der Waals surface area contributed by atoms with Crippen LogP contribution in [0.5, 0.6) is 0 Å². The Morgan fingerprint density at radius 3 is 2.71 bits per heavy atom. The zero-order valence-electron chi connectivity index (χ0n) is 11.6. The quantitative estimate of drug-likeness (QED) is 0.742. The summed E-state index contributed by atoms with van der Waals surface area (Å²) in [4.78, 5) is 23.4. The summed E-state index contributed by atoms with van der Waals surface area (Å²) in [7, 11) is 0. The molecule has 2 unspecified atom stereocenters. The average molecular weight is 359 g/mol. The molecule has 1 aromatic rings. The van der Waals surface area contributed by atoms with Gasteiger partial charge in [0.15, 0.2) is 10.4 Å². The molecule has 1 aromatic heterocycles. The normalized spacial score (nSPS) is 21.8. The van der Waals surface area contributed by atoms with Crippen LogP contribution in [0.15, 0.2) is 21.2 Å². The van der Waals surface area contributed by atoms with Crippen LogP contribution in [-0.4, -0.2) is 36.1 Å². The first-order valence-electron chi connectivity index (χ1n) is 7.04. The van der Waals surface area contributed by atoms with Gasteiger partial charge in [-0.2, -0.15) is 0 Å². The van der Waals surface area contributed by atoms with Crippen LogP contribution in [0.4, 0.5) is 0 Å². The van der Waals surface area contributed by atoms with E-state index in [-0.39, 0.29) is 30.2 Å². The molecule has 2 atom stereocenters. The van der Waals surface area contributed by atoms with Gasteiger partial charge in [-0.15, -0.1) is 0 Å². The van der Waals surface area contributed by atoms with E-state index in [4.69, 9.17) is 4.42 Å². The average Bonchev–Trinajstić information content (AvgIpc) is 2.90. The summed E-state index contributed by atoms with van der Waals surface area (Å²) in [5.74, 6) is -0.447. The fourth-order valence-electron chi connectivity index (χ4n) is 2.42. The lowest BCUT2D eigenvalue weighted by atomic mass is 9.86. The number of amides is 2. The molecular weight excluding hydrogens is 340 g/mol. The first kappa shape index (κ1) is 16.0. The number of carbonyl (C=O) groups is 2. The molecule has 6 nitrogen and oxygen atoms in total. The number of halogens is 1. The largest absolute Gasteiger partial charge is 0.444 e. The van der Waals surface area contributed by atoms with Gasteiger partial charge in [0.05, 0.1) is 12.6 Å². The van der Waals surface area contributed by atoms with Gasteiger partial charge in [-0.3, -0.25) is 9.59 Å². The van der Waals surface area contributed by atoms with Crippen molar-refractivity contribution in [1.29, 1.82) is 0 Å². The van der Waals surface area contributed by atoms with Gasteiger partial charge in [-0.1, -0.05) is 12.8 Å². The highest BCUT2D eigenvalue weighted by Crippen LogP contribution is 2.23. The van der Waals surface area contributed by atoms with E-state index in [0.717, 1.165) is 25.7 Å². The van der Waals surface area contributed by atoms with Gasteiger partial charge in [0, 0.05) is 12.5 Å². The number of hydrogen-bond acceptors (Lipinski definition) is 4. The van der Waals surface area contributed by atoms with Crippen LogP contribution in [0, 0.1) is 5.92 Å². The molecule has 0 spiro atoms. The predicted molar refractivity (Wildman–Crippen MR) is 79.7 cm³/mol. The van der Waals surface area contributed by atoms with Crippen molar-refractivity contribution in [1.82, 2.24) is 10.6 Å². The SMILES string of the molecule is O=C(CNC(=O)c1ccc(Br)o1)NCC1CCCCC1O. The van der Waals surface area contributed by atoms with E-state index in [1.54, 1.807) is 6.07 Å². The maximum absolute atomic E-state index is 11.7. The number of nitrogens with one attached hydrogen (secondary N) is 2. The lowest BCUT2D eigenvalue weighted by molar-refractivity contribution is -0.120. The van der Waals surface area contributed by atoms with E-state index < -0.39 is 5.91 Å². The van der Waals surface area contributed by atoms with Crippen LogP contribution in [0.1, 0.15) is 36.2 Å². The molecule has 1 aliphatic rings. The van der Waals surface area contributed by atoms with E-state index in [1.165, 1.54) is 6.07 Å². The Bertz CT molecular complexity index is 503. The molecule has 21 heavy (non-hydrogen) atoms. The minimum absolute atomic E-state index is 0.111. The zero-order chi connectivity index (χ0) is 15.2. The highest BCUT2D eigenvalue weighted by atomic mass is 79.9. The van der Waals surface area contributed by atoms with Crippen molar-refractivity contribution in [2.75, 3.05) is 13.1 Å². The lowest BCUT2D eigenvalue weighted by Crippen LogP contribution is -2.41. The van der Waals surface area contributed by atoms with Crippen LogP contribution < -0.4 is 10.6 Å². The highest BCUT2D eigenvalue weighted by molar-refractivity contribution is 9.10. The molecule has 2 rings (SSSR count). The van der Waals surface area contributed by atoms with Gasteiger partial charge in [-0.25, -0.2) is 0 Å². The Hall–Kier alpha value is -1.34. The third kappa shape index (κ3) is 4.86. The van der Waals surface area contributed by atoms with Gasteiger partial charge in [0.2, 0.25) is 5.91 Å². The number of rotatable bonds is 5. The van der Waals surface area contributed by atoms with E-state index >= 15 is 0 Å². The number of aliphatic hydroxyl groups is 1. The maximum Gasteiger partial charge on any atom is 0.287 e. The van der Waals surface area contributed by atoms with Crippen LogP contribution in [0.2, 0.25) is 0 Å². The Labute approximate surface area is 131 Å². The third-order valence-corrected chi connectivity index (χ3v) is 4.06. The second kappa shape index (κ2) is 7.61. The summed E-state index contributed by atoms with van der Waals surface area (Å²) in [6.07, 6.45) is 3.51. The maximum atomic E-state index is 11.7. The number of furan rings is 1. The molecule has 0 saturated heterocycles. The van der Waals surface area contributed by atoms with Crippen LogP contribution in [0.25, 0.3) is 0 Å². The molecule has 0 radical (unpaired) electrons. The molecule has 1 aliphatic carbocycles. The highest BCUT2D eigenvalue weighted by Gasteiger charge is 2.23. The van der Waals surface area contributed by atoms with Crippen molar-refractivity contribution in [3.8, 4) is 0 Å². The first-order valence-corrected chi connectivity index (χ1v) is 7.84. The van der Waals surface area contributed by atoms with Crippen molar-refractivity contribution in [3.63, 3.8) is 0 Å². The summed E-state index contributed by atoms with van der Waals surface area (Å²) in [6, 6.07) is 3.13. The third-order valence-electron chi connectivity index (χ3n) is 3.64. The van der Waals surface area contributed by atoms with Crippen molar-refractivity contribution >= 4 is 27.7 Å². The Morgan fingerprint density at radius 1 is 1.29 bits per heavy atom. The van der Waals surface area contributed by atoms with Crippen LogP contribution in [-0.2, 0) is 4.79 Å². The summed E-state index contributed by atoms with van der Waals surface area (Å²) >= 11 is 3.11. The molecule has 1 heterocycles. The standard InChI is InChI=1S/C14H19BrN2O4/c15-12-6-5-11(21-12)14(20)17-8-13(19)16-7-9-3-1-2-4-10(9)18/h5-6,9-10,18H,1-4,7-8H2,(H,16,19)(H,17,20). The van der Waals surface area contributed by atoms with Crippen molar-refractivity contribution in [2.45, 2.75) is 31.8 Å². The van der Waals surface area contributed by atoms with Crippen molar-refractivity contribution < 1.29 is 19.1 Å². The molecule has 1 fully saturated rings. The molecule has 2 amide bonds. The van der Waals surface area contributed by atoms with E-state index in [0.29, 0.717) is 11.2 Å².